The summed E-state index contributed by atoms with van der Waals surface area (Å²) in [6.07, 6.45) is 0.839. The van der Waals surface area contributed by atoms with Crippen molar-refractivity contribution in [1.82, 2.24) is 9.88 Å². The molecule has 1 aliphatic rings. The van der Waals surface area contributed by atoms with Crippen molar-refractivity contribution in [3.63, 3.8) is 0 Å². The van der Waals surface area contributed by atoms with E-state index in [4.69, 9.17) is 4.74 Å². The first-order valence-corrected chi connectivity index (χ1v) is 7.78. The summed E-state index contributed by atoms with van der Waals surface area (Å²) >= 11 is 0. The van der Waals surface area contributed by atoms with Gasteiger partial charge in [0.05, 0.1) is 12.6 Å². The van der Waals surface area contributed by atoms with Crippen LogP contribution in [0.3, 0.4) is 0 Å². The molecule has 1 aromatic heterocycles. The van der Waals surface area contributed by atoms with Gasteiger partial charge >= 0.3 is 0 Å². The molecule has 3 aromatic rings. The lowest BCUT2D eigenvalue weighted by Crippen LogP contribution is -2.35. The van der Waals surface area contributed by atoms with Crippen molar-refractivity contribution in [2.45, 2.75) is 13.0 Å². The van der Waals surface area contributed by atoms with Gasteiger partial charge in [-0.2, -0.15) is 0 Å². The number of aromatic nitrogens is 1. The number of carbonyl (C=O) groups is 1. The van der Waals surface area contributed by atoms with E-state index in [0.717, 1.165) is 35.2 Å². The SMILES string of the molecule is COc1cccc2c3c([nH]c12)CCN(C(=O)c1ccccc1)C3. The Hall–Kier alpha value is -2.75. The van der Waals surface area contributed by atoms with E-state index in [-0.39, 0.29) is 5.91 Å². The van der Waals surface area contributed by atoms with Gasteiger partial charge in [0.25, 0.3) is 5.91 Å². The van der Waals surface area contributed by atoms with Crippen molar-refractivity contribution in [2.75, 3.05) is 13.7 Å². The number of hydrogen-bond donors (Lipinski definition) is 1. The number of para-hydroxylation sites is 1. The van der Waals surface area contributed by atoms with Crippen LogP contribution in [0.4, 0.5) is 0 Å². The number of ether oxygens (including phenoxy) is 1. The highest BCUT2D eigenvalue weighted by Crippen LogP contribution is 2.33. The van der Waals surface area contributed by atoms with Crippen molar-refractivity contribution in [2.24, 2.45) is 0 Å². The Kier molecular flexibility index (Phi) is 3.30. The molecule has 1 N–H and O–H groups in total. The number of nitrogens with zero attached hydrogens (tertiary/aromatic N) is 1. The number of methoxy groups -OCH3 is 1. The zero-order valence-electron chi connectivity index (χ0n) is 13.0. The number of fused-ring (bicyclic) bond motifs is 3. The number of aromatic amines is 1. The number of nitrogens with one attached hydrogen (secondary N) is 1. The molecule has 0 fully saturated rings. The predicted octanol–water partition coefficient (Wildman–Crippen LogP) is 3.38. The number of benzene rings is 2. The first kappa shape index (κ1) is 13.9. The Balaban J connectivity index is 1.71. The van der Waals surface area contributed by atoms with Crippen LogP contribution in [-0.4, -0.2) is 29.4 Å². The first-order chi connectivity index (χ1) is 11.3. The van der Waals surface area contributed by atoms with Crippen molar-refractivity contribution in [1.29, 1.82) is 0 Å². The summed E-state index contributed by atoms with van der Waals surface area (Å²) in [5, 5.41) is 1.14. The van der Waals surface area contributed by atoms with Crippen LogP contribution in [0, 0.1) is 0 Å². The lowest BCUT2D eigenvalue weighted by atomic mass is 10.0. The molecule has 4 heteroatoms. The van der Waals surface area contributed by atoms with Crippen LogP contribution in [0.25, 0.3) is 10.9 Å². The van der Waals surface area contributed by atoms with Crippen molar-refractivity contribution >= 4 is 16.8 Å². The molecule has 0 aliphatic carbocycles. The molecule has 0 unspecified atom stereocenters. The summed E-state index contributed by atoms with van der Waals surface area (Å²) in [7, 11) is 1.68. The molecule has 2 aromatic carbocycles. The summed E-state index contributed by atoms with van der Waals surface area (Å²) < 4.78 is 5.44. The highest BCUT2D eigenvalue weighted by atomic mass is 16.5. The maximum Gasteiger partial charge on any atom is 0.254 e. The van der Waals surface area contributed by atoms with E-state index in [0.29, 0.717) is 6.54 Å². The molecule has 116 valence electrons. The lowest BCUT2D eigenvalue weighted by Gasteiger charge is -2.27. The summed E-state index contributed by atoms with van der Waals surface area (Å²) in [5.74, 6) is 0.936. The molecule has 2 heterocycles. The quantitative estimate of drug-likeness (QED) is 0.789. The van der Waals surface area contributed by atoms with Crippen molar-refractivity contribution in [3.05, 3.63) is 65.4 Å². The van der Waals surface area contributed by atoms with Gasteiger partial charge in [-0.05, 0) is 18.2 Å². The van der Waals surface area contributed by atoms with Gasteiger partial charge in [0.2, 0.25) is 0 Å². The van der Waals surface area contributed by atoms with Crippen LogP contribution >= 0.6 is 0 Å². The fourth-order valence-electron chi connectivity index (χ4n) is 3.32. The Morgan fingerprint density at radius 1 is 1.13 bits per heavy atom. The summed E-state index contributed by atoms with van der Waals surface area (Å²) in [6.45, 7) is 1.37. The lowest BCUT2D eigenvalue weighted by molar-refractivity contribution is 0.0735. The highest BCUT2D eigenvalue weighted by Gasteiger charge is 2.25. The van der Waals surface area contributed by atoms with E-state index >= 15 is 0 Å². The second-order valence-corrected chi connectivity index (χ2v) is 5.81. The third-order valence-corrected chi connectivity index (χ3v) is 4.50. The largest absolute Gasteiger partial charge is 0.495 e. The molecule has 0 saturated heterocycles. The minimum absolute atomic E-state index is 0.0912. The second-order valence-electron chi connectivity index (χ2n) is 5.81. The predicted molar refractivity (Wildman–Crippen MR) is 89.7 cm³/mol. The third-order valence-electron chi connectivity index (χ3n) is 4.50. The van der Waals surface area contributed by atoms with Crippen LogP contribution in [0.5, 0.6) is 5.75 Å². The van der Waals surface area contributed by atoms with Crippen molar-refractivity contribution < 1.29 is 9.53 Å². The van der Waals surface area contributed by atoms with E-state index in [1.54, 1.807) is 7.11 Å². The molecule has 0 saturated carbocycles. The van der Waals surface area contributed by atoms with E-state index in [9.17, 15) is 4.79 Å². The van der Waals surface area contributed by atoms with E-state index < -0.39 is 0 Å². The van der Waals surface area contributed by atoms with E-state index in [1.165, 1.54) is 11.3 Å². The molecule has 4 nitrogen and oxygen atoms in total. The van der Waals surface area contributed by atoms with Gasteiger partial charge in [0.15, 0.2) is 0 Å². The molecular weight excluding hydrogens is 288 g/mol. The normalized spacial score (nSPS) is 13.9. The van der Waals surface area contributed by atoms with Crippen LogP contribution in [0.15, 0.2) is 48.5 Å². The number of hydrogen-bond acceptors (Lipinski definition) is 2. The fraction of sp³-hybridized carbons (Fsp3) is 0.211. The molecule has 23 heavy (non-hydrogen) atoms. The van der Waals surface area contributed by atoms with Gasteiger partial charge in [-0.1, -0.05) is 30.3 Å². The Labute approximate surface area is 134 Å². The second kappa shape index (κ2) is 5.47. The van der Waals surface area contributed by atoms with Crippen molar-refractivity contribution in [3.8, 4) is 5.75 Å². The summed E-state index contributed by atoms with van der Waals surface area (Å²) in [5.41, 5.74) is 4.18. The van der Waals surface area contributed by atoms with Gasteiger partial charge in [0.1, 0.15) is 5.75 Å². The minimum atomic E-state index is 0.0912. The van der Waals surface area contributed by atoms with Gasteiger partial charge < -0.3 is 14.6 Å². The Morgan fingerprint density at radius 3 is 2.74 bits per heavy atom. The number of H-pyrrole nitrogens is 1. The molecule has 4 rings (SSSR count). The molecule has 1 amide bonds. The van der Waals surface area contributed by atoms with Gasteiger partial charge in [-0.25, -0.2) is 0 Å². The first-order valence-electron chi connectivity index (χ1n) is 7.78. The van der Waals surface area contributed by atoms with Crippen LogP contribution in [0.2, 0.25) is 0 Å². The van der Waals surface area contributed by atoms with Gasteiger partial charge in [-0.15, -0.1) is 0 Å². The molecule has 0 bridgehead atoms. The average Bonchev–Trinajstić information content (AvgIpc) is 2.99. The van der Waals surface area contributed by atoms with Gasteiger partial charge in [0, 0.05) is 41.7 Å². The molecule has 0 atom stereocenters. The fourth-order valence-corrected chi connectivity index (χ4v) is 3.32. The van der Waals surface area contributed by atoms with Crippen LogP contribution in [0.1, 0.15) is 21.6 Å². The molecule has 0 spiro atoms. The summed E-state index contributed by atoms with van der Waals surface area (Å²) in [6, 6.07) is 15.5. The molecular formula is C19H18N2O2. The van der Waals surface area contributed by atoms with E-state index in [2.05, 4.69) is 11.1 Å². The number of rotatable bonds is 2. The third kappa shape index (κ3) is 2.27. The monoisotopic (exact) mass is 306 g/mol. The van der Waals surface area contributed by atoms with Crippen LogP contribution in [-0.2, 0) is 13.0 Å². The number of carbonyl (C=O) groups excluding carboxylic acids is 1. The Bertz CT molecular complexity index is 868. The minimum Gasteiger partial charge on any atom is -0.495 e. The topological polar surface area (TPSA) is 45.3 Å². The van der Waals surface area contributed by atoms with Crippen LogP contribution < -0.4 is 4.74 Å². The summed E-state index contributed by atoms with van der Waals surface area (Å²) in [4.78, 5) is 18.1. The smallest absolute Gasteiger partial charge is 0.254 e. The number of amides is 1. The zero-order valence-corrected chi connectivity index (χ0v) is 13.0. The molecule has 0 radical (unpaired) electrons. The maximum absolute atomic E-state index is 12.7. The highest BCUT2D eigenvalue weighted by molar-refractivity contribution is 5.95. The zero-order chi connectivity index (χ0) is 15.8. The van der Waals surface area contributed by atoms with E-state index in [1.807, 2.05) is 47.4 Å². The Morgan fingerprint density at radius 2 is 1.96 bits per heavy atom. The van der Waals surface area contributed by atoms with Gasteiger partial charge in [-0.3, -0.25) is 4.79 Å². The average molecular weight is 306 g/mol. The molecule has 1 aliphatic heterocycles. The standard InChI is InChI=1S/C19H18N2O2/c1-23-17-9-5-8-14-15-12-21(11-10-16(15)20-18(14)17)19(22)13-6-3-2-4-7-13/h2-9,20H,10-12H2,1H3. The maximum atomic E-state index is 12.7.